The van der Waals surface area contributed by atoms with Gasteiger partial charge in [0.2, 0.25) is 0 Å². The Balaban J connectivity index is 1.74. The Bertz CT molecular complexity index is 267. The smallest absolute Gasteiger partial charge is 0.0244 e. The van der Waals surface area contributed by atoms with E-state index in [4.69, 9.17) is 0 Å². The zero-order valence-corrected chi connectivity index (χ0v) is 12.4. The average Bonchev–Trinajstić information content (AvgIpc) is 2.88. The van der Waals surface area contributed by atoms with Gasteiger partial charge in [0, 0.05) is 34.9 Å². The van der Waals surface area contributed by atoms with Crippen molar-refractivity contribution >= 4 is 10.8 Å². The standard InChI is InChI=1S/C14H28N2OS/c1-18(17)11-5-10-16-13-7-3-2-6-12(13)14-8-4-9-15-14/h12-16H,2-11H2,1H3. The van der Waals surface area contributed by atoms with Crippen molar-refractivity contribution in [1.82, 2.24) is 10.6 Å². The third kappa shape index (κ3) is 4.32. The molecule has 4 unspecified atom stereocenters. The van der Waals surface area contributed by atoms with Gasteiger partial charge in [-0.3, -0.25) is 4.21 Å². The molecule has 4 heteroatoms. The average molecular weight is 272 g/mol. The van der Waals surface area contributed by atoms with Gasteiger partial charge in [0.1, 0.15) is 0 Å². The van der Waals surface area contributed by atoms with Gasteiger partial charge in [-0.15, -0.1) is 0 Å². The van der Waals surface area contributed by atoms with Gasteiger partial charge in [0.05, 0.1) is 0 Å². The molecule has 0 spiro atoms. The maximum Gasteiger partial charge on any atom is 0.0244 e. The lowest BCUT2D eigenvalue weighted by molar-refractivity contribution is 0.215. The maximum atomic E-state index is 11.0. The van der Waals surface area contributed by atoms with Gasteiger partial charge in [0.25, 0.3) is 0 Å². The zero-order valence-electron chi connectivity index (χ0n) is 11.6. The van der Waals surface area contributed by atoms with Crippen molar-refractivity contribution in [2.45, 2.75) is 57.0 Å². The number of hydrogen-bond acceptors (Lipinski definition) is 3. The van der Waals surface area contributed by atoms with Crippen LogP contribution in [-0.2, 0) is 10.8 Å². The number of hydrogen-bond donors (Lipinski definition) is 2. The van der Waals surface area contributed by atoms with Crippen LogP contribution in [-0.4, -0.2) is 41.4 Å². The molecule has 0 radical (unpaired) electrons. The Kier molecular flexibility index (Phi) is 6.12. The first kappa shape index (κ1) is 14.5. The van der Waals surface area contributed by atoms with Crippen LogP contribution in [0.15, 0.2) is 0 Å². The van der Waals surface area contributed by atoms with Crippen molar-refractivity contribution in [3.63, 3.8) is 0 Å². The van der Waals surface area contributed by atoms with Crippen LogP contribution in [0.4, 0.5) is 0 Å². The van der Waals surface area contributed by atoms with Gasteiger partial charge < -0.3 is 10.6 Å². The van der Waals surface area contributed by atoms with Crippen molar-refractivity contribution in [2.24, 2.45) is 5.92 Å². The summed E-state index contributed by atoms with van der Waals surface area (Å²) in [4.78, 5) is 0. The molecule has 0 aromatic carbocycles. The molecule has 0 aromatic heterocycles. The van der Waals surface area contributed by atoms with Gasteiger partial charge in [-0.05, 0) is 51.1 Å². The van der Waals surface area contributed by atoms with Crippen molar-refractivity contribution in [1.29, 1.82) is 0 Å². The molecular weight excluding hydrogens is 244 g/mol. The van der Waals surface area contributed by atoms with Crippen LogP contribution in [0.3, 0.4) is 0 Å². The Morgan fingerprint density at radius 2 is 2.06 bits per heavy atom. The monoisotopic (exact) mass is 272 g/mol. The molecule has 2 fully saturated rings. The van der Waals surface area contributed by atoms with E-state index in [0.29, 0.717) is 6.04 Å². The summed E-state index contributed by atoms with van der Waals surface area (Å²) in [5.41, 5.74) is 0. The molecule has 4 atom stereocenters. The second kappa shape index (κ2) is 7.61. The highest BCUT2D eigenvalue weighted by Crippen LogP contribution is 2.30. The molecule has 2 N–H and O–H groups in total. The van der Waals surface area contributed by atoms with Crippen LogP contribution >= 0.6 is 0 Å². The second-order valence-electron chi connectivity index (χ2n) is 5.84. The lowest BCUT2D eigenvalue weighted by Crippen LogP contribution is -2.47. The van der Waals surface area contributed by atoms with E-state index in [-0.39, 0.29) is 0 Å². The minimum atomic E-state index is -0.635. The molecule has 1 heterocycles. The van der Waals surface area contributed by atoms with E-state index in [0.717, 1.165) is 30.7 Å². The summed E-state index contributed by atoms with van der Waals surface area (Å²) < 4.78 is 11.0. The highest BCUT2D eigenvalue weighted by atomic mass is 32.2. The highest BCUT2D eigenvalue weighted by Gasteiger charge is 2.32. The quantitative estimate of drug-likeness (QED) is 0.723. The lowest BCUT2D eigenvalue weighted by atomic mass is 9.79. The van der Waals surface area contributed by atoms with E-state index in [2.05, 4.69) is 10.6 Å². The summed E-state index contributed by atoms with van der Waals surface area (Å²) in [6, 6.07) is 1.45. The van der Waals surface area contributed by atoms with Crippen LogP contribution in [0.1, 0.15) is 44.9 Å². The van der Waals surface area contributed by atoms with Gasteiger partial charge in [0.15, 0.2) is 0 Å². The van der Waals surface area contributed by atoms with Crippen molar-refractivity contribution < 1.29 is 4.21 Å². The van der Waals surface area contributed by atoms with E-state index >= 15 is 0 Å². The molecule has 2 aliphatic rings. The molecule has 1 saturated heterocycles. The summed E-state index contributed by atoms with van der Waals surface area (Å²) in [5, 5.41) is 7.41. The molecule has 1 aliphatic carbocycles. The van der Waals surface area contributed by atoms with Crippen LogP contribution in [0.25, 0.3) is 0 Å². The topological polar surface area (TPSA) is 41.1 Å². The molecule has 18 heavy (non-hydrogen) atoms. The van der Waals surface area contributed by atoms with E-state index in [9.17, 15) is 4.21 Å². The third-order valence-electron chi connectivity index (χ3n) is 4.45. The first-order chi connectivity index (χ1) is 8.77. The summed E-state index contributed by atoms with van der Waals surface area (Å²) in [5.74, 6) is 1.67. The zero-order chi connectivity index (χ0) is 12.8. The fraction of sp³-hybridized carbons (Fsp3) is 1.00. The molecule has 3 nitrogen and oxygen atoms in total. The van der Waals surface area contributed by atoms with Gasteiger partial charge in [-0.1, -0.05) is 12.8 Å². The van der Waals surface area contributed by atoms with E-state index in [1.807, 2.05) is 0 Å². The summed E-state index contributed by atoms with van der Waals surface area (Å²) in [7, 11) is -0.635. The lowest BCUT2D eigenvalue weighted by Gasteiger charge is -2.36. The summed E-state index contributed by atoms with van der Waals surface area (Å²) in [6.07, 6.45) is 11.1. The fourth-order valence-corrected chi connectivity index (χ4v) is 4.09. The molecule has 1 saturated carbocycles. The molecule has 0 amide bonds. The molecule has 0 bridgehead atoms. The second-order valence-corrected chi connectivity index (χ2v) is 7.40. The van der Waals surface area contributed by atoms with Crippen LogP contribution in [0, 0.1) is 5.92 Å². The molecule has 0 aromatic rings. The van der Waals surface area contributed by atoms with E-state index in [1.54, 1.807) is 6.26 Å². The predicted octanol–water partition coefficient (Wildman–Crippen LogP) is 1.66. The van der Waals surface area contributed by atoms with Gasteiger partial charge >= 0.3 is 0 Å². The van der Waals surface area contributed by atoms with Gasteiger partial charge in [-0.2, -0.15) is 0 Å². The highest BCUT2D eigenvalue weighted by molar-refractivity contribution is 7.84. The molecule has 1 aliphatic heterocycles. The van der Waals surface area contributed by atoms with Crippen molar-refractivity contribution in [2.75, 3.05) is 25.1 Å². The molecular formula is C14H28N2OS. The molecule has 2 rings (SSSR count). The van der Waals surface area contributed by atoms with E-state index < -0.39 is 10.8 Å². The fourth-order valence-electron chi connectivity index (χ4n) is 3.53. The van der Waals surface area contributed by atoms with Crippen LogP contribution in [0.2, 0.25) is 0 Å². The number of rotatable bonds is 6. The van der Waals surface area contributed by atoms with Crippen molar-refractivity contribution in [3.8, 4) is 0 Å². The van der Waals surface area contributed by atoms with Crippen LogP contribution in [0.5, 0.6) is 0 Å². The Hall–Kier alpha value is 0.0700. The summed E-state index contributed by atoms with van der Waals surface area (Å²) >= 11 is 0. The Morgan fingerprint density at radius 3 is 2.78 bits per heavy atom. The first-order valence-electron chi connectivity index (χ1n) is 7.54. The van der Waals surface area contributed by atoms with E-state index in [1.165, 1.54) is 45.1 Å². The minimum absolute atomic E-state index is 0.635. The Morgan fingerprint density at radius 1 is 1.22 bits per heavy atom. The SMILES string of the molecule is CS(=O)CCCNC1CCCCC1C1CCCN1. The summed E-state index contributed by atoms with van der Waals surface area (Å²) in [6.45, 7) is 2.25. The van der Waals surface area contributed by atoms with Gasteiger partial charge in [-0.25, -0.2) is 0 Å². The number of nitrogens with one attached hydrogen (secondary N) is 2. The largest absolute Gasteiger partial charge is 0.314 e. The predicted molar refractivity (Wildman–Crippen MR) is 78.3 cm³/mol. The van der Waals surface area contributed by atoms with Crippen LogP contribution < -0.4 is 10.6 Å². The molecule has 106 valence electrons. The normalized spacial score (nSPS) is 34.6. The maximum absolute atomic E-state index is 11.0. The Labute approximate surface area is 114 Å². The van der Waals surface area contributed by atoms with Crippen molar-refractivity contribution in [3.05, 3.63) is 0 Å². The third-order valence-corrected chi connectivity index (χ3v) is 5.31. The minimum Gasteiger partial charge on any atom is -0.314 e. The first-order valence-corrected chi connectivity index (χ1v) is 9.27.